The third-order valence-corrected chi connectivity index (χ3v) is 6.82. The van der Waals surface area contributed by atoms with Gasteiger partial charge in [-0.1, -0.05) is 61.6 Å². The first-order chi connectivity index (χ1) is 16.3. The van der Waals surface area contributed by atoms with Gasteiger partial charge in [-0.25, -0.2) is 9.79 Å². The van der Waals surface area contributed by atoms with E-state index in [2.05, 4.69) is 18.8 Å². The van der Waals surface area contributed by atoms with Gasteiger partial charge in [0.25, 0.3) is 5.56 Å². The van der Waals surface area contributed by atoms with Crippen molar-refractivity contribution in [2.75, 3.05) is 13.7 Å². The van der Waals surface area contributed by atoms with E-state index in [0.29, 0.717) is 33.1 Å². The van der Waals surface area contributed by atoms with E-state index in [1.165, 1.54) is 24.0 Å². The first-order valence-electron chi connectivity index (χ1n) is 11.3. The quantitative estimate of drug-likeness (QED) is 0.506. The van der Waals surface area contributed by atoms with Gasteiger partial charge in [-0.15, -0.1) is 0 Å². The number of carbonyl (C=O) groups excluding carboxylic acids is 1. The van der Waals surface area contributed by atoms with Gasteiger partial charge in [-0.3, -0.25) is 9.36 Å². The molecule has 0 spiro atoms. The summed E-state index contributed by atoms with van der Waals surface area (Å²) in [7, 11) is 1.35. The third kappa shape index (κ3) is 4.48. The van der Waals surface area contributed by atoms with Crippen molar-refractivity contribution in [3.63, 3.8) is 0 Å². The van der Waals surface area contributed by atoms with Crippen molar-refractivity contribution in [1.82, 2.24) is 4.57 Å². The Hall–Kier alpha value is -3.45. The van der Waals surface area contributed by atoms with Crippen molar-refractivity contribution in [2.24, 2.45) is 4.99 Å². The molecule has 0 fully saturated rings. The highest BCUT2D eigenvalue weighted by molar-refractivity contribution is 7.07. The Kier molecular flexibility index (Phi) is 6.84. The van der Waals surface area contributed by atoms with Gasteiger partial charge in [0.1, 0.15) is 5.75 Å². The number of thiazole rings is 1. The predicted octanol–water partition coefficient (Wildman–Crippen LogP) is 3.93. The van der Waals surface area contributed by atoms with Crippen LogP contribution in [0.1, 0.15) is 56.3 Å². The second kappa shape index (κ2) is 9.81. The fourth-order valence-electron chi connectivity index (χ4n) is 4.05. The zero-order valence-corrected chi connectivity index (χ0v) is 20.8. The minimum atomic E-state index is -0.604. The topological polar surface area (TPSA) is 69.9 Å². The van der Waals surface area contributed by atoms with Gasteiger partial charge in [0.05, 0.1) is 35.6 Å². The van der Waals surface area contributed by atoms with Gasteiger partial charge in [-0.2, -0.15) is 0 Å². The number of aromatic nitrogens is 1. The molecule has 1 aliphatic heterocycles. The van der Waals surface area contributed by atoms with Crippen molar-refractivity contribution in [3.8, 4) is 5.75 Å². The number of hydrogen-bond acceptors (Lipinski definition) is 6. The molecule has 2 heterocycles. The Labute approximate surface area is 202 Å². The lowest BCUT2D eigenvalue weighted by atomic mass is 9.93. The molecule has 1 aliphatic rings. The van der Waals surface area contributed by atoms with E-state index in [-0.39, 0.29) is 5.56 Å². The maximum atomic E-state index is 13.6. The molecule has 0 saturated heterocycles. The van der Waals surface area contributed by atoms with Crippen molar-refractivity contribution in [3.05, 3.63) is 96.2 Å². The molecule has 0 saturated carbocycles. The summed E-state index contributed by atoms with van der Waals surface area (Å²) in [5.74, 6) is 0.673. The fraction of sp³-hybridized carbons (Fsp3) is 0.296. The van der Waals surface area contributed by atoms with Crippen LogP contribution in [0.2, 0.25) is 0 Å². The van der Waals surface area contributed by atoms with Crippen LogP contribution >= 0.6 is 11.3 Å². The van der Waals surface area contributed by atoms with Gasteiger partial charge in [-0.05, 0) is 54.7 Å². The van der Waals surface area contributed by atoms with E-state index in [0.717, 1.165) is 16.9 Å². The zero-order valence-electron chi connectivity index (χ0n) is 20.0. The van der Waals surface area contributed by atoms with Crippen molar-refractivity contribution < 1.29 is 14.3 Å². The van der Waals surface area contributed by atoms with Crippen molar-refractivity contribution in [1.29, 1.82) is 0 Å². The van der Waals surface area contributed by atoms with Gasteiger partial charge in [0, 0.05) is 0 Å². The monoisotopic (exact) mass is 476 g/mol. The van der Waals surface area contributed by atoms with E-state index in [1.54, 1.807) is 11.5 Å². The molecule has 2 aromatic carbocycles. The van der Waals surface area contributed by atoms with Gasteiger partial charge in [0.15, 0.2) is 4.80 Å². The van der Waals surface area contributed by atoms with Crippen molar-refractivity contribution in [2.45, 2.75) is 39.7 Å². The minimum absolute atomic E-state index is 0.190. The van der Waals surface area contributed by atoms with Crippen LogP contribution in [0.3, 0.4) is 0 Å². The third-order valence-electron chi connectivity index (χ3n) is 5.83. The normalized spacial score (nSPS) is 15.8. The summed E-state index contributed by atoms with van der Waals surface area (Å²) >= 11 is 1.31. The Morgan fingerprint density at radius 1 is 1.15 bits per heavy atom. The number of nitrogens with zero attached hydrogens (tertiary/aromatic N) is 2. The minimum Gasteiger partial charge on any atom is -0.494 e. The molecule has 1 aromatic heterocycles. The van der Waals surface area contributed by atoms with Gasteiger partial charge >= 0.3 is 5.97 Å². The molecule has 6 nitrogen and oxygen atoms in total. The van der Waals surface area contributed by atoms with Crippen LogP contribution in [0.4, 0.5) is 0 Å². The maximum absolute atomic E-state index is 13.6. The van der Waals surface area contributed by atoms with E-state index >= 15 is 0 Å². The molecule has 0 radical (unpaired) electrons. The molecular weight excluding hydrogens is 448 g/mol. The van der Waals surface area contributed by atoms with Crippen LogP contribution in [0, 0.1) is 0 Å². The van der Waals surface area contributed by atoms with E-state index in [4.69, 9.17) is 9.47 Å². The fourth-order valence-corrected chi connectivity index (χ4v) is 5.10. The maximum Gasteiger partial charge on any atom is 0.338 e. The number of allylic oxidation sites excluding steroid dienone is 1. The molecule has 34 heavy (non-hydrogen) atoms. The van der Waals surface area contributed by atoms with E-state index in [1.807, 2.05) is 61.5 Å². The number of fused-ring (bicyclic) bond motifs is 1. The number of carbonyl (C=O) groups is 1. The highest BCUT2D eigenvalue weighted by Crippen LogP contribution is 2.31. The lowest BCUT2D eigenvalue weighted by Crippen LogP contribution is -2.39. The number of benzene rings is 2. The number of ether oxygens (including phenoxy) is 2. The van der Waals surface area contributed by atoms with Crippen LogP contribution in [-0.2, 0) is 9.53 Å². The zero-order chi connectivity index (χ0) is 24.4. The lowest BCUT2D eigenvalue weighted by molar-refractivity contribution is -0.136. The Balaban J connectivity index is 1.87. The number of esters is 1. The van der Waals surface area contributed by atoms with Gasteiger partial charge in [0.2, 0.25) is 0 Å². The second-order valence-electron chi connectivity index (χ2n) is 8.40. The molecule has 4 rings (SSSR count). The lowest BCUT2D eigenvalue weighted by Gasteiger charge is -2.24. The molecule has 0 aliphatic carbocycles. The smallest absolute Gasteiger partial charge is 0.338 e. The molecule has 176 valence electrons. The average molecular weight is 477 g/mol. The van der Waals surface area contributed by atoms with Crippen LogP contribution < -0.4 is 19.6 Å². The summed E-state index contributed by atoms with van der Waals surface area (Å²) in [6, 6.07) is 15.0. The summed E-state index contributed by atoms with van der Waals surface area (Å²) in [5, 5.41) is 0. The SMILES string of the molecule is CCOc1ccc(C=c2sc3n(c2=O)C(c2ccc(C(C)C)cc2)C(C(=O)OC)=C(C)N=3)cc1. The van der Waals surface area contributed by atoms with Crippen LogP contribution in [0.25, 0.3) is 6.08 Å². The summed E-state index contributed by atoms with van der Waals surface area (Å²) in [6.45, 7) is 8.57. The number of rotatable bonds is 6. The van der Waals surface area contributed by atoms with Crippen LogP contribution in [0.5, 0.6) is 5.75 Å². The molecule has 7 heteroatoms. The van der Waals surface area contributed by atoms with Gasteiger partial charge < -0.3 is 9.47 Å². The first-order valence-corrected chi connectivity index (χ1v) is 12.1. The molecule has 0 N–H and O–H groups in total. The molecule has 1 atom stereocenters. The number of methoxy groups -OCH3 is 1. The predicted molar refractivity (Wildman–Crippen MR) is 134 cm³/mol. The molecule has 1 unspecified atom stereocenters. The standard InChI is InChI=1S/C27H28N2O4S/c1-6-33-21-13-7-18(8-14-21)15-22-25(30)29-24(20-11-9-19(10-12-20)16(2)3)23(26(31)32-5)17(4)28-27(29)34-22/h7-16,24H,6H2,1-5H3. The average Bonchev–Trinajstić information content (AvgIpc) is 3.13. The Morgan fingerprint density at radius 3 is 2.41 bits per heavy atom. The number of hydrogen-bond donors (Lipinski definition) is 0. The van der Waals surface area contributed by atoms with E-state index in [9.17, 15) is 9.59 Å². The van der Waals surface area contributed by atoms with Crippen LogP contribution in [-0.4, -0.2) is 24.3 Å². The summed E-state index contributed by atoms with van der Waals surface area (Å²) in [4.78, 5) is 31.5. The summed E-state index contributed by atoms with van der Waals surface area (Å²) in [5.41, 5.74) is 3.65. The Bertz CT molecular complexity index is 1410. The summed E-state index contributed by atoms with van der Waals surface area (Å²) < 4.78 is 12.7. The largest absolute Gasteiger partial charge is 0.494 e. The second-order valence-corrected chi connectivity index (χ2v) is 9.41. The van der Waals surface area contributed by atoms with Crippen molar-refractivity contribution >= 4 is 23.4 Å². The molecule has 0 amide bonds. The molecule has 3 aromatic rings. The first kappa shape index (κ1) is 23.7. The molecular formula is C27H28N2O4S. The summed E-state index contributed by atoms with van der Waals surface area (Å²) in [6.07, 6.45) is 1.84. The highest BCUT2D eigenvalue weighted by atomic mass is 32.1. The Morgan fingerprint density at radius 2 is 1.82 bits per heavy atom. The van der Waals surface area contributed by atoms with E-state index < -0.39 is 12.0 Å². The molecule has 0 bridgehead atoms. The highest BCUT2D eigenvalue weighted by Gasteiger charge is 2.33. The van der Waals surface area contributed by atoms with Crippen LogP contribution in [0.15, 0.2) is 69.6 Å².